The Morgan fingerprint density at radius 3 is 2.53 bits per heavy atom. The van der Waals surface area contributed by atoms with Crippen LogP contribution in [-0.4, -0.2) is 34.4 Å². The van der Waals surface area contributed by atoms with E-state index in [1.54, 1.807) is 31.4 Å². The van der Waals surface area contributed by atoms with Gasteiger partial charge in [0.2, 0.25) is 0 Å². The molecule has 2 N–H and O–H groups in total. The van der Waals surface area contributed by atoms with Gasteiger partial charge in [-0.3, -0.25) is 9.89 Å². The van der Waals surface area contributed by atoms with Gasteiger partial charge in [-0.25, -0.2) is 0 Å². The van der Waals surface area contributed by atoms with Crippen LogP contribution in [-0.2, 0) is 6.54 Å². The van der Waals surface area contributed by atoms with Gasteiger partial charge in [-0.15, -0.1) is 0 Å². The number of amides is 1. The van der Waals surface area contributed by atoms with Crippen molar-refractivity contribution in [3.8, 4) is 22.9 Å². The van der Waals surface area contributed by atoms with Gasteiger partial charge in [0, 0.05) is 29.6 Å². The summed E-state index contributed by atoms with van der Waals surface area (Å²) in [6.45, 7) is 5.39. The molecule has 1 amide bonds. The van der Waals surface area contributed by atoms with Gasteiger partial charge in [-0.2, -0.15) is 5.10 Å². The van der Waals surface area contributed by atoms with Gasteiger partial charge < -0.3 is 19.4 Å². The molecule has 2 aromatic heterocycles. The highest BCUT2D eigenvalue weighted by molar-refractivity contribution is 6.04. The van der Waals surface area contributed by atoms with E-state index in [9.17, 15) is 4.79 Å². The molecule has 0 aliphatic heterocycles. The number of carbonyl (C=O) groups excluding carboxylic acids is 1. The number of aromatic nitrogens is 3. The molecule has 0 radical (unpaired) electrons. The normalized spacial score (nSPS) is 10.9. The summed E-state index contributed by atoms with van der Waals surface area (Å²) in [5, 5.41) is 11.2. The van der Waals surface area contributed by atoms with Gasteiger partial charge in [0.1, 0.15) is 11.5 Å². The third-order valence-electron chi connectivity index (χ3n) is 4.95. The van der Waals surface area contributed by atoms with Crippen LogP contribution >= 0.6 is 0 Å². The molecule has 7 heteroatoms. The van der Waals surface area contributed by atoms with Crippen molar-refractivity contribution in [1.82, 2.24) is 14.8 Å². The summed E-state index contributed by atoms with van der Waals surface area (Å²) in [6.07, 6.45) is 0. The minimum absolute atomic E-state index is 0.225. The second-order valence-corrected chi connectivity index (χ2v) is 6.78. The lowest BCUT2D eigenvalue weighted by atomic mass is 10.2. The highest BCUT2D eigenvalue weighted by Crippen LogP contribution is 2.30. The summed E-state index contributed by atoms with van der Waals surface area (Å²) in [7, 11) is 1.66. The van der Waals surface area contributed by atoms with Crippen molar-refractivity contribution in [2.24, 2.45) is 0 Å². The molecule has 0 aliphatic rings. The van der Waals surface area contributed by atoms with Crippen LogP contribution in [0.2, 0.25) is 0 Å². The van der Waals surface area contributed by atoms with Crippen LogP contribution in [0.3, 0.4) is 0 Å². The summed E-state index contributed by atoms with van der Waals surface area (Å²) in [6, 6.07) is 17.0. The Hall–Kier alpha value is -3.74. The number of nitrogens with one attached hydrogen (secondary N) is 2. The topological polar surface area (TPSA) is 81.2 Å². The molecule has 2 heterocycles. The number of fused-ring (bicyclic) bond motifs is 1. The number of H-pyrrole nitrogens is 1. The summed E-state index contributed by atoms with van der Waals surface area (Å²) in [5.41, 5.74) is 3.45. The van der Waals surface area contributed by atoms with Crippen molar-refractivity contribution in [3.05, 3.63) is 60.2 Å². The quantitative estimate of drug-likeness (QED) is 0.467. The first kappa shape index (κ1) is 19.6. The Labute approximate surface area is 174 Å². The van der Waals surface area contributed by atoms with E-state index in [2.05, 4.69) is 33.1 Å². The van der Waals surface area contributed by atoms with E-state index in [1.807, 2.05) is 31.2 Å². The Morgan fingerprint density at radius 1 is 1.07 bits per heavy atom. The van der Waals surface area contributed by atoms with Crippen LogP contribution in [0.5, 0.6) is 11.5 Å². The van der Waals surface area contributed by atoms with Crippen molar-refractivity contribution in [2.45, 2.75) is 20.4 Å². The van der Waals surface area contributed by atoms with Crippen molar-refractivity contribution >= 4 is 22.6 Å². The molecule has 0 saturated carbocycles. The lowest BCUT2D eigenvalue weighted by Crippen LogP contribution is -2.12. The summed E-state index contributed by atoms with van der Waals surface area (Å²) in [5.74, 6) is 1.79. The minimum atomic E-state index is -0.225. The highest BCUT2D eigenvalue weighted by atomic mass is 16.5. The van der Waals surface area contributed by atoms with E-state index < -0.39 is 0 Å². The van der Waals surface area contributed by atoms with Gasteiger partial charge in [-0.05, 0) is 56.3 Å². The molecule has 0 atom stereocenters. The number of ether oxygens (including phenoxy) is 2. The fourth-order valence-corrected chi connectivity index (χ4v) is 3.50. The fraction of sp³-hybridized carbons (Fsp3) is 0.217. The van der Waals surface area contributed by atoms with E-state index in [4.69, 9.17) is 9.47 Å². The number of anilines is 1. The van der Waals surface area contributed by atoms with Gasteiger partial charge in [0.05, 0.1) is 30.6 Å². The number of hydrogen-bond acceptors (Lipinski definition) is 4. The van der Waals surface area contributed by atoms with Crippen LogP contribution in [0.1, 0.15) is 24.2 Å². The third-order valence-corrected chi connectivity index (χ3v) is 4.95. The molecule has 0 bridgehead atoms. The maximum Gasteiger partial charge on any atom is 0.256 e. The van der Waals surface area contributed by atoms with Gasteiger partial charge in [-0.1, -0.05) is 0 Å². The average molecular weight is 404 g/mol. The monoisotopic (exact) mass is 404 g/mol. The molecule has 154 valence electrons. The molecule has 7 nitrogen and oxygen atoms in total. The molecule has 0 unspecified atom stereocenters. The number of methoxy groups -OCH3 is 1. The lowest BCUT2D eigenvalue weighted by Gasteiger charge is -2.07. The number of benzene rings is 2. The van der Waals surface area contributed by atoms with Crippen molar-refractivity contribution in [1.29, 1.82) is 0 Å². The maximum absolute atomic E-state index is 12.5. The Balaban J connectivity index is 1.57. The summed E-state index contributed by atoms with van der Waals surface area (Å²) < 4.78 is 13.0. The SMILES string of the molecule is CCOc1ccc(C(=O)Nc2cc(-c3cc4ccc(OC)cc4n3CC)[nH]n2)cc1. The van der Waals surface area contributed by atoms with Gasteiger partial charge in [0.25, 0.3) is 5.91 Å². The Morgan fingerprint density at radius 2 is 1.83 bits per heavy atom. The molecule has 0 saturated heterocycles. The van der Waals surface area contributed by atoms with E-state index >= 15 is 0 Å². The highest BCUT2D eigenvalue weighted by Gasteiger charge is 2.14. The molecule has 2 aromatic carbocycles. The molecule has 4 rings (SSSR count). The van der Waals surface area contributed by atoms with E-state index in [0.29, 0.717) is 18.0 Å². The lowest BCUT2D eigenvalue weighted by molar-refractivity contribution is 0.102. The third kappa shape index (κ3) is 3.74. The second kappa shape index (κ2) is 8.32. The summed E-state index contributed by atoms with van der Waals surface area (Å²) in [4.78, 5) is 12.5. The zero-order valence-corrected chi connectivity index (χ0v) is 17.2. The molecule has 4 aromatic rings. The number of nitrogens with zero attached hydrogens (tertiary/aromatic N) is 2. The average Bonchev–Trinajstić information content (AvgIpc) is 3.37. The fourth-order valence-electron chi connectivity index (χ4n) is 3.50. The first-order valence-electron chi connectivity index (χ1n) is 9.90. The van der Waals surface area contributed by atoms with E-state index in [-0.39, 0.29) is 5.91 Å². The molecule has 30 heavy (non-hydrogen) atoms. The molecule has 0 spiro atoms. The van der Waals surface area contributed by atoms with Gasteiger partial charge >= 0.3 is 0 Å². The van der Waals surface area contributed by atoms with Crippen molar-refractivity contribution in [2.75, 3.05) is 19.0 Å². The standard InChI is InChI=1S/C23H24N4O3/c1-4-27-20-13-18(29-3)11-8-16(20)12-21(27)19-14-22(26-25-19)24-23(28)15-6-9-17(10-7-15)30-5-2/h6-14H,4-5H2,1-3H3,(H2,24,25,26,28). The van der Waals surface area contributed by atoms with Crippen molar-refractivity contribution < 1.29 is 14.3 Å². The van der Waals surface area contributed by atoms with Crippen LogP contribution in [0.4, 0.5) is 5.82 Å². The summed E-state index contributed by atoms with van der Waals surface area (Å²) >= 11 is 0. The van der Waals surface area contributed by atoms with Crippen molar-refractivity contribution in [3.63, 3.8) is 0 Å². The van der Waals surface area contributed by atoms with Gasteiger partial charge in [0.15, 0.2) is 5.82 Å². The zero-order valence-electron chi connectivity index (χ0n) is 17.2. The predicted octanol–water partition coefficient (Wildman–Crippen LogP) is 4.71. The molecular weight excluding hydrogens is 380 g/mol. The molecule has 0 fully saturated rings. The second-order valence-electron chi connectivity index (χ2n) is 6.78. The molecular formula is C23H24N4O3. The number of hydrogen-bond donors (Lipinski definition) is 2. The number of carbonyl (C=O) groups is 1. The smallest absolute Gasteiger partial charge is 0.256 e. The molecule has 0 aliphatic carbocycles. The first-order valence-corrected chi connectivity index (χ1v) is 9.90. The van der Waals surface area contributed by atoms with Crippen LogP contribution in [0.15, 0.2) is 54.6 Å². The van der Waals surface area contributed by atoms with Crippen LogP contribution < -0.4 is 14.8 Å². The Bertz CT molecular complexity index is 1180. The number of aromatic amines is 1. The largest absolute Gasteiger partial charge is 0.497 e. The number of rotatable bonds is 7. The Kier molecular flexibility index (Phi) is 5.43. The zero-order chi connectivity index (χ0) is 21.1. The minimum Gasteiger partial charge on any atom is -0.497 e. The maximum atomic E-state index is 12.5. The van der Waals surface area contributed by atoms with Crippen LogP contribution in [0, 0.1) is 0 Å². The predicted molar refractivity (Wildman–Crippen MR) is 117 cm³/mol. The van der Waals surface area contributed by atoms with Crippen LogP contribution in [0.25, 0.3) is 22.3 Å². The number of aryl methyl sites for hydroxylation is 1. The van der Waals surface area contributed by atoms with E-state index in [0.717, 1.165) is 40.3 Å². The van der Waals surface area contributed by atoms with E-state index in [1.165, 1.54) is 0 Å². The first-order chi connectivity index (χ1) is 14.6.